The first-order valence-electron chi connectivity index (χ1n) is 11.1. The summed E-state index contributed by atoms with van der Waals surface area (Å²) in [6.45, 7) is 17.0. The largest absolute Gasteiger partial charge is 0.415 e. The van der Waals surface area contributed by atoms with Crippen molar-refractivity contribution in [3.63, 3.8) is 0 Å². The van der Waals surface area contributed by atoms with E-state index in [2.05, 4.69) is 106 Å². The van der Waals surface area contributed by atoms with Crippen molar-refractivity contribution < 1.29 is 4.43 Å². The van der Waals surface area contributed by atoms with E-state index < -0.39 is 8.32 Å². The molecular weight excluding hydrogens is 370 g/mol. The monoisotopic (exact) mass is 409 g/mol. The average Bonchev–Trinajstić information content (AvgIpc) is 3.40. The fraction of sp³-hybridized carbons (Fsp3) is 0.538. The van der Waals surface area contributed by atoms with Crippen molar-refractivity contribution in [2.75, 3.05) is 6.61 Å². The van der Waals surface area contributed by atoms with E-state index >= 15 is 0 Å². The van der Waals surface area contributed by atoms with Gasteiger partial charge in [0.25, 0.3) is 0 Å². The molecule has 2 aromatic rings. The number of nitrogens with zero attached hydrogens (tertiary/aromatic N) is 1. The lowest BCUT2D eigenvalue weighted by atomic mass is 9.96. The lowest BCUT2D eigenvalue weighted by Gasteiger charge is -2.41. The lowest BCUT2D eigenvalue weighted by Crippen LogP contribution is -2.48. The third-order valence-electron chi connectivity index (χ3n) is 7.15. The Kier molecular flexibility index (Phi) is 6.72. The van der Waals surface area contributed by atoms with Crippen LogP contribution in [0.15, 0.2) is 60.7 Å². The molecule has 0 unspecified atom stereocenters. The molecular formula is C26H39NOSi. The van der Waals surface area contributed by atoms with Crippen LogP contribution >= 0.6 is 0 Å². The number of benzene rings is 2. The maximum Gasteiger partial charge on any atom is 0.192 e. The predicted octanol–water partition coefficient (Wildman–Crippen LogP) is 6.88. The highest BCUT2D eigenvalue weighted by atomic mass is 28.4. The zero-order valence-electron chi connectivity index (χ0n) is 19.2. The van der Waals surface area contributed by atoms with Gasteiger partial charge in [-0.1, -0.05) is 88.4 Å². The standard InChI is InChI=1S/C26H39NOSi/c1-25(2,3)29(5,6)28-21-24(26(4)17-18-26)27(19-22-13-9-7-10-14-22)20-23-15-11-8-12-16-23/h7-16,24H,17-21H2,1-6H3/t24-/m0/s1. The van der Waals surface area contributed by atoms with Gasteiger partial charge in [-0.15, -0.1) is 0 Å². The smallest absolute Gasteiger partial charge is 0.192 e. The Morgan fingerprint density at radius 2 is 1.34 bits per heavy atom. The molecule has 29 heavy (non-hydrogen) atoms. The van der Waals surface area contributed by atoms with Gasteiger partial charge < -0.3 is 4.43 Å². The van der Waals surface area contributed by atoms with E-state index in [9.17, 15) is 0 Å². The van der Waals surface area contributed by atoms with E-state index in [1.807, 2.05) is 0 Å². The van der Waals surface area contributed by atoms with Crippen LogP contribution in [0.25, 0.3) is 0 Å². The summed E-state index contributed by atoms with van der Waals surface area (Å²) in [7, 11) is -1.78. The zero-order chi connectivity index (χ0) is 21.1. The molecule has 0 spiro atoms. The predicted molar refractivity (Wildman–Crippen MR) is 126 cm³/mol. The molecule has 2 aromatic carbocycles. The Morgan fingerprint density at radius 3 is 1.72 bits per heavy atom. The molecule has 3 heteroatoms. The van der Waals surface area contributed by atoms with Gasteiger partial charge in [0, 0.05) is 19.1 Å². The number of hydrogen-bond donors (Lipinski definition) is 0. The Labute approximate surface area is 179 Å². The van der Waals surface area contributed by atoms with Crippen LogP contribution in [0.4, 0.5) is 0 Å². The second-order valence-electron chi connectivity index (χ2n) is 10.6. The number of rotatable bonds is 9. The molecule has 0 aromatic heterocycles. The highest BCUT2D eigenvalue weighted by molar-refractivity contribution is 6.74. The molecule has 0 amide bonds. The average molecular weight is 410 g/mol. The Morgan fingerprint density at radius 1 is 0.897 bits per heavy atom. The van der Waals surface area contributed by atoms with Gasteiger partial charge in [-0.05, 0) is 47.5 Å². The van der Waals surface area contributed by atoms with Crippen molar-refractivity contribution in [2.24, 2.45) is 5.41 Å². The molecule has 0 heterocycles. The van der Waals surface area contributed by atoms with Gasteiger partial charge in [-0.25, -0.2) is 0 Å². The summed E-state index contributed by atoms with van der Waals surface area (Å²) >= 11 is 0. The van der Waals surface area contributed by atoms with Crippen LogP contribution in [0.3, 0.4) is 0 Å². The Hall–Kier alpha value is -1.42. The molecule has 0 aliphatic heterocycles. The molecule has 1 aliphatic carbocycles. The van der Waals surface area contributed by atoms with Crippen molar-refractivity contribution in [1.29, 1.82) is 0 Å². The van der Waals surface area contributed by atoms with E-state index in [0.717, 1.165) is 19.7 Å². The molecule has 158 valence electrons. The van der Waals surface area contributed by atoms with E-state index in [4.69, 9.17) is 4.43 Å². The van der Waals surface area contributed by atoms with Crippen LogP contribution in [0.5, 0.6) is 0 Å². The van der Waals surface area contributed by atoms with Gasteiger partial charge in [-0.3, -0.25) is 4.90 Å². The SMILES string of the molecule is CC1([C@H](CO[Si](C)(C)C(C)(C)C)N(Cc2ccccc2)Cc2ccccc2)CC1. The minimum absolute atomic E-state index is 0.242. The van der Waals surface area contributed by atoms with E-state index in [-0.39, 0.29) is 5.04 Å². The first kappa shape index (κ1) is 22.3. The van der Waals surface area contributed by atoms with Crippen molar-refractivity contribution in [1.82, 2.24) is 4.90 Å². The summed E-state index contributed by atoms with van der Waals surface area (Å²) in [6.07, 6.45) is 2.61. The maximum atomic E-state index is 6.78. The van der Waals surface area contributed by atoms with Crippen molar-refractivity contribution >= 4 is 8.32 Å². The minimum atomic E-state index is -1.78. The minimum Gasteiger partial charge on any atom is -0.415 e. The Bertz CT molecular complexity index is 721. The molecule has 1 saturated carbocycles. The third-order valence-corrected chi connectivity index (χ3v) is 11.6. The third kappa shape index (κ3) is 5.81. The summed E-state index contributed by atoms with van der Waals surface area (Å²) in [6, 6.07) is 22.2. The van der Waals surface area contributed by atoms with Crippen molar-refractivity contribution in [3.8, 4) is 0 Å². The van der Waals surface area contributed by atoms with E-state index in [0.29, 0.717) is 11.5 Å². The second kappa shape index (κ2) is 8.75. The van der Waals surface area contributed by atoms with Crippen LogP contribution < -0.4 is 0 Å². The first-order valence-corrected chi connectivity index (χ1v) is 14.0. The first-order chi connectivity index (χ1) is 13.6. The van der Waals surface area contributed by atoms with Gasteiger partial charge in [0.2, 0.25) is 0 Å². The van der Waals surface area contributed by atoms with Crippen LogP contribution in [-0.2, 0) is 17.5 Å². The van der Waals surface area contributed by atoms with Crippen molar-refractivity contribution in [3.05, 3.63) is 71.8 Å². The molecule has 0 radical (unpaired) electrons. The fourth-order valence-electron chi connectivity index (χ4n) is 3.69. The summed E-state index contributed by atoms with van der Waals surface area (Å²) in [5.74, 6) is 0. The molecule has 1 fully saturated rings. The van der Waals surface area contributed by atoms with Crippen molar-refractivity contribution in [2.45, 2.75) is 77.8 Å². The number of hydrogen-bond acceptors (Lipinski definition) is 2. The summed E-state index contributed by atoms with van der Waals surface area (Å²) in [5.41, 5.74) is 3.13. The lowest BCUT2D eigenvalue weighted by molar-refractivity contribution is 0.0675. The molecule has 0 bridgehead atoms. The molecule has 0 saturated heterocycles. The van der Waals surface area contributed by atoms with E-state index in [1.165, 1.54) is 24.0 Å². The van der Waals surface area contributed by atoms with Gasteiger partial charge in [0.15, 0.2) is 8.32 Å². The second-order valence-corrected chi connectivity index (χ2v) is 15.4. The molecule has 1 aliphatic rings. The molecule has 2 nitrogen and oxygen atoms in total. The molecule has 1 atom stereocenters. The molecule has 3 rings (SSSR count). The zero-order valence-corrected chi connectivity index (χ0v) is 20.2. The molecule has 0 N–H and O–H groups in total. The van der Waals surface area contributed by atoms with Gasteiger partial charge in [0.1, 0.15) is 0 Å². The van der Waals surface area contributed by atoms with E-state index in [1.54, 1.807) is 0 Å². The van der Waals surface area contributed by atoms with Gasteiger partial charge >= 0.3 is 0 Å². The van der Waals surface area contributed by atoms with Crippen LogP contribution in [0.1, 0.15) is 51.7 Å². The topological polar surface area (TPSA) is 12.5 Å². The van der Waals surface area contributed by atoms with Gasteiger partial charge in [0.05, 0.1) is 6.61 Å². The van der Waals surface area contributed by atoms with Gasteiger partial charge in [-0.2, -0.15) is 0 Å². The van der Waals surface area contributed by atoms with Crippen LogP contribution in [0, 0.1) is 5.41 Å². The summed E-state index contributed by atoms with van der Waals surface area (Å²) < 4.78 is 6.78. The highest BCUT2D eigenvalue weighted by Gasteiger charge is 2.48. The quantitative estimate of drug-likeness (QED) is 0.419. The Balaban J connectivity index is 1.84. The van der Waals surface area contributed by atoms with Crippen LogP contribution in [-0.4, -0.2) is 25.9 Å². The summed E-state index contributed by atoms with van der Waals surface area (Å²) in [4.78, 5) is 2.67. The fourth-order valence-corrected chi connectivity index (χ4v) is 4.70. The maximum absolute atomic E-state index is 6.78. The summed E-state index contributed by atoms with van der Waals surface area (Å²) in [5, 5.41) is 0.242. The highest BCUT2D eigenvalue weighted by Crippen LogP contribution is 2.51. The normalized spacial score (nSPS) is 17.3. The van der Waals surface area contributed by atoms with Crippen LogP contribution in [0.2, 0.25) is 18.1 Å².